The van der Waals surface area contributed by atoms with Crippen LogP contribution in [0.4, 0.5) is 0 Å². The predicted molar refractivity (Wildman–Crippen MR) is 63.1 cm³/mol. The van der Waals surface area contributed by atoms with Crippen LogP contribution in [0.15, 0.2) is 12.4 Å². The summed E-state index contributed by atoms with van der Waals surface area (Å²) in [5, 5.41) is 3.66. The molecule has 0 unspecified atom stereocenters. The quantitative estimate of drug-likeness (QED) is 0.773. The fourth-order valence-electron chi connectivity index (χ4n) is 2.53. The minimum Gasteiger partial charge on any atom is -0.385 e. The molecule has 1 saturated carbocycles. The molecule has 1 aromatic heterocycles. The summed E-state index contributed by atoms with van der Waals surface area (Å²) in [7, 11) is 1.77. The standard InChI is InChI=1S/C12H21N3O/c1-16-9-6-12(4-2-3-5-12)15-10-11-13-7-8-14-11/h7-8,15H,2-6,9-10H2,1H3,(H,13,14). The molecule has 16 heavy (non-hydrogen) atoms. The molecule has 0 bridgehead atoms. The van der Waals surface area contributed by atoms with Gasteiger partial charge in [-0.25, -0.2) is 4.98 Å². The first kappa shape index (κ1) is 11.6. The molecule has 4 heteroatoms. The number of aromatic amines is 1. The van der Waals surface area contributed by atoms with Crippen molar-refractivity contribution in [3.8, 4) is 0 Å². The molecule has 1 aromatic rings. The maximum Gasteiger partial charge on any atom is 0.120 e. The van der Waals surface area contributed by atoms with Crippen molar-refractivity contribution in [2.45, 2.75) is 44.2 Å². The molecule has 1 fully saturated rings. The molecule has 0 amide bonds. The number of hydrogen-bond acceptors (Lipinski definition) is 3. The highest BCUT2D eigenvalue weighted by atomic mass is 16.5. The van der Waals surface area contributed by atoms with Crippen molar-refractivity contribution in [1.29, 1.82) is 0 Å². The highest BCUT2D eigenvalue weighted by molar-refractivity contribution is 4.95. The first-order valence-electron chi connectivity index (χ1n) is 6.07. The van der Waals surface area contributed by atoms with Crippen molar-refractivity contribution in [3.05, 3.63) is 18.2 Å². The zero-order chi connectivity index (χ0) is 11.3. The summed E-state index contributed by atoms with van der Waals surface area (Å²) in [4.78, 5) is 7.37. The van der Waals surface area contributed by atoms with Crippen molar-refractivity contribution in [2.75, 3.05) is 13.7 Å². The zero-order valence-corrected chi connectivity index (χ0v) is 9.96. The number of methoxy groups -OCH3 is 1. The average molecular weight is 223 g/mol. The van der Waals surface area contributed by atoms with E-state index in [2.05, 4.69) is 15.3 Å². The maximum absolute atomic E-state index is 5.20. The number of rotatable bonds is 6. The summed E-state index contributed by atoms with van der Waals surface area (Å²) in [5.41, 5.74) is 0.281. The van der Waals surface area contributed by atoms with Crippen LogP contribution in [-0.4, -0.2) is 29.2 Å². The number of nitrogens with zero attached hydrogens (tertiary/aromatic N) is 1. The highest BCUT2D eigenvalue weighted by Gasteiger charge is 2.32. The third kappa shape index (κ3) is 2.83. The lowest BCUT2D eigenvalue weighted by atomic mass is 9.93. The highest BCUT2D eigenvalue weighted by Crippen LogP contribution is 2.32. The second kappa shape index (κ2) is 5.46. The van der Waals surface area contributed by atoms with Crippen LogP contribution in [0.5, 0.6) is 0 Å². The topological polar surface area (TPSA) is 49.9 Å². The number of hydrogen-bond donors (Lipinski definition) is 2. The Labute approximate surface area is 96.8 Å². The molecule has 0 atom stereocenters. The van der Waals surface area contributed by atoms with Gasteiger partial charge in [-0.05, 0) is 19.3 Å². The van der Waals surface area contributed by atoms with Gasteiger partial charge in [-0.15, -0.1) is 0 Å². The Hall–Kier alpha value is -0.870. The van der Waals surface area contributed by atoms with E-state index in [1.807, 2.05) is 6.20 Å². The maximum atomic E-state index is 5.20. The van der Waals surface area contributed by atoms with Gasteiger partial charge in [0.2, 0.25) is 0 Å². The van der Waals surface area contributed by atoms with Gasteiger partial charge in [0.25, 0.3) is 0 Å². The van der Waals surface area contributed by atoms with Gasteiger partial charge in [0, 0.05) is 31.6 Å². The van der Waals surface area contributed by atoms with Crippen molar-refractivity contribution in [1.82, 2.24) is 15.3 Å². The van der Waals surface area contributed by atoms with Crippen LogP contribution >= 0.6 is 0 Å². The van der Waals surface area contributed by atoms with E-state index in [-0.39, 0.29) is 5.54 Å². The Bertz CT molecular complexity index is 291. The van der Waals surface area contributed by atoms with Gasteiger partial charge in [-0.3, -0.25) is 0 Å². The van der Waals surface area contributed by atoms with E-state index in [0.717, 1.165) is 25.4 Å². The van der Waals surface area contributed by atoms with Crippen LogP contribution in [0.1, 0.15) is 37.9 Å². The molecule has 0 aliphatic heterocycles. The normalized spacial score (nSPS) is 19.1. The van der Waals surface area contributed by atoms with Gasteiger partial charge in [0.15, 0.2) is 0 Å². The molecule has 0 radical (unpaired) electrons. The monoisotopic (exact) mass is 223 g/mol. The molecule has 1 aliphatic rings. The average Bonchev–Trinajstić information content (AvgIpc) is 2.96. The molecular weight excluding hydrogens is 202 g/mol. The Morgan fingerprint density at radius 2 is 2.31 bits per heavy atom. The van der Waals surface area contributed by atoms with Crippen LogP contribution in [0.2, 0.25) is 0 Å². The van der Waals surface area contributed by atoms with Gasteiger partial charge in [0.05, 0.1) is 6.54 Å². The molecule has 4 nitrogen and oxygen atoms in total. The summed E-state index contributed by atoms with van der Waals surface area (Å²) in [5.74, 6) is 1.02. The van der Waals surface area contributed by atoms with E-state index >= 15 is 0 Å². The van der Waals surface area contributed by atoms with Crippen LogP contribution in [0, 0.1) is 0 Å². The largest absolute Gasteiger partial charge is 0.385 e. The number of ether oxygens (including phenoxy) is 1. The fourth-order valence-corrected chi connectivity index (χ4v) is 2.53. The van der Waals surface area contributed by atoms with Crippen molar-refractivity contribution in [3.63, 3.8) is 0 Å². The van der Waals surface area contributed by atoms with Crippen LogP contribution in [0.25, 0.3) is 0 Å². The minimum atomic E-state index is 0.281. The first-order chi connectivity index (χ1) is 7.85. The number of imidazole rings is 1. The molecule has 90 valence electrons. The van der Waals surface area contributed by atoms with Gasteiger partial charge in [-0.1, -0.05) is 12.8 Å². The molecule has 0 aromatic carbocycles. The second-order valence-corrected chi connectivity index (χ2v) is 4.62. The van der Waals surface area contributed by atoms with Gasteiger partial charge >= 0.3 is 0 Å². The van der Waals surface area contributed by atoms with Crippen molar-refractivity contribution in [2.24, 2.45) is 0 Å². The smallest absolute Gasteiger partial charge is 0.120 e. The number of H-pyrrole nitrogens is 1. The summed E-state index contributed by atoms with van der Waals surface area (Å²) in [6.07, 6.45) is 9.95. The third-order valence-electron chi connectivity index (χ3n) is 3.53. The Morgan fingerprint density at radius 3 is 2.94 bits per heavy atom. The van der Waals surface area contributed by atoms with Crippen LogP contribution in [0.3, 0.4) is 0 Å². The molecular formula is C12H21N3O. The lowest BCUT2D eigenvalue weighted by Gasteiger charge is -2.30. The lowest BCUT2D eigenvalue weighted by molar-refractivity contribution is 0.153. The van der Waals surface area contributed by atoms with Gasteiger partial charge < -0.3 is 15.0 Å². The lowest BCUT2D eigenvalue weighted by Crippen LogP contribution is -2.43. The molecule has 1 aliphatic carbocycles. The van der Waals surface area contributed by atoms with E-state index < -0.39 is 0 Å². The predicted octanol–water partition coefficient (Wildman–Crippen LogP) is 1.85. The van der Waals surface area contributed by atoms with Crippen molar-refractivity contribution < 1.29 is 4.74 Å². The van der Waals surface area contributed by atoms with E-state index in [1.165, 1.54) is 25.7 Å². The summed E-state index contributed by atoms with van der Waals surface area (Å²) in [6, 6.07) is 0. The SMILES string of the molecule is COCCC1(NCc2ncc[nH]2)CCCC1. The van der Waals surface area contributed by atoms with Gasteiger partial charge in [-0.2, -0.15) is 0 Å². The third-order valence-corrected chi connectivity index (χ3v) is 3.53. The fraction of sp³-hybridized carbons (Fsp3) is 0.750. The Morgan fingerprint density at radius 1 is 1.50 bits per heavy atom. The summed E-state index contributed by atoms with van der Waals surface area (Å²) < 4.78 is 5.20. The van der Waals surface area contributed by atoms with E-state index in [1.54, 1.807) is 13.3 Å². The molecule has 2 rings (SSSR count). The molecule has 0 saturated heterocycles. The summed E-state index contributed by atoms with van der Waals surface area (Å²) >= 11 is 0. The van der Waals surface area contributed by atoms with Crippen LogP contribution < -0.4 is 5.32 Å². The number of nitrogens with one attached hydrogen (secondary N) is 2. The minimum absolute atomic E-state index is 0.281. The van der Waals surface area contributed by atoms with Crippen molar-refractivity contribution >= 4 is 0 Å². The zero-order valence-electron chi connectivity index (χ0n) is 9.96. The molecule has 2 N–H and O–H groups in total. The van der Waals surface area contributed by atoms with Crippen LogP contribution in [-0.2, 0) is 11.3 Å². The second-order valence-electron chi connectivity index (χ2n) is 4.62. The molecule has 0 spiro atoms. The van der Waals surface area contributed by atoms with E-state index in [4.69, 9.17) is 4.74 Å². The first-order valence-corrected chi connectivity index (χ1v) is 6.07. The van der Waals surface area contributed by atoms with E-state index in [9.17, 15) is 0 Å². The van der Waals surface area contributed by atoms with Gasteiger partial charge in [0.1, 0.15) is 5.82 Å². The van der Waals surface area contributed by atoms with E-state index in [0.29, 0.717) is 0 Å². The number of aromatic nitrogens is 2. The molecule has 1 heterocycles. The summed E-state index contributed by atoms with van der Waals surface area (Å²) in [6.45, 7) is 1.67. The Kier molecular flexibility index (Phi) is 3.96. The Balaban J connectivity index is 1.87.